The van der Waals surface area contributed by atoms with Gasteiger partial charge in [-0.2, -0.15) is 0 Å². The number of carbonyl (C=O) groups is 1. The number of rotatable bonds is 1. The van der Waals surface area contributed by atoms with Crippen molar-refractivity contribution in [1.29, 1.82) is 0 Å². The van der Waals surface area contributed by atoms with Crippen LogP contribution in [0.3, 0.4) is 0 Å². The van der Waals surface area contributed by atoms with Gasteiger partial charge in [0.2, 0.25) is 0 Å². The molecule has 0 aromatic heterocycles. The Kier molecular flexibility index (Phi) is 2.58. The van der Waals surface area contributed by atoms with Crippen molar-refractivity contribution < 1.29 is 14.3 Å². The predicted octanol–water partition coefficient (Wildman–Crippen LogP) is 2.93. The second-order valence-electron chi connectivity index (χ2n) is 5.66. The zero-order valence-electron chi connectivity index (χ0n) is 10.9. The van der Waals surface area contributed by atoms with Gasteiger partial charge < -0.3 is 9.47 Å². The Labute approximate surface area is 107 Å². The first-order valence-corrected chi connectivity index (χ1v) is 6.52. The first-order valence-electron chi connectivity index (χ1n) is 6.52. The average molecular weight is 246 g/mol. The third-order valence-electron chi connectivity index (χ3n) is 4.15. The highest BCUT2D eigenvalue weighted by Crippen LogP contribution is 2.50. The molecule has 0 amide bonds. The molecule has 1 saturated carbocycles. The highest BCUT2D eigenvalue weighted by atomic mass is 16.5. The van der Waals surface area contributed by atoms with Gasteiger partial charge in [0, 0.05) is 24.2 Å². The third kappa shape index (κ3) is 1.69. The van der Waals surface area contributed by atoms with Crippen molar-refractivity contribution in [3.05, 3.63) is 23.8 Å². The van der Waals surface area contributed by atoms with E-state index in [1.54, 1.807) is 0 Å². The molecule has 1 aliphatic heterocycles. The second kappa shape index (κ2) is 4.01. The standard InChI is InChI=1S/C15H18O3/c1-15(2)11(9-14(15)16)10-4-5-12-13(8-10)18-7-3-6-17-12/h4-5,8,11H,3,6-7,9H2,1-2H3. The van der Waals surface area contributed by atoms with Crippen molar-refractivity contribution in [2.24, 2.45) is 5.41 Å². The number of carbonyl (C=O) groups excluding carboxylic acids is 1. The topological polar surface area (TPSA) is 35.5 Å². The van der Waals surface area contributed by atoms with Crippen LogP contribution in [0.4, 0.5) is 0 Å². The normalized spacial score (nSPS) is 25.2. The number of ketones is 1. The molecule has 18 heavy (non-hydrogen) atoms. The number of Topliss-reactive ketones (excluding diaryl/α,β-unsaturated/α-hetero) is 1. The van der Waals surface area contributed by atoms with Gasteiger partial charge in [-0.05, 0) is 17.7 Å². The predicted molar refractivity (Wildman–Crippen MR) is 68.2 cm³/mol. The number of fused-ring (bicyclic) bond motifs is 1. The Hall–Kier alpha value is -1.51. The maximum Gasteiger partial charge on any atom is 0.161 e. The van der Waals surface area contributed by atoms with Crippen molar-refractivity contribution in [1.82, 2.24) is 0 Å². The molecule has 1 unspecified atom stereocenters. The summed E-state index contributed by atoms with van der Waals surface area (Å²) in [5.74, 6) is 2.29. The van der Waals surface area contributed by atoms with Crippen molar-refractivity contribution >= 4 is 5.78 Å². The quantitative estimate of drug-likeness (QED) is 0.764. The van der Waals surface area contributed by atoms with E-state index >= 15 is 0 Å². The molecule has 3 heteroatoms. The van der Waals surface area contributed by atoms with Crippen LogP contribution in [0.25, 0.3) is 0 Å². The molecule has 0 radical (unpaired) electrons. The summed E-state index contributed by atoms with van der Waals surface area (Å²) in [6.45, 7) is 5.45. The third-order valence-corrected chi connectivity index (χ3v) is 4.15. The first-order chi connectivity index (χ1) is 8.59. The molecule has 0 N–H and O–H groups in total. The highest BCUT2D eigenvalue weighted by molar-refractivity contribution is 5.92. The van der Waals surface area contributed by atoms with Crippen molar-refractivity contribution in [2.75, 3.05) is 13.2 Å². The smallest absolute Gasteiger partial charge is 0.161 e. The van der Waals surface area contributed by atoms with Crippen molar-refractivity contribution in [3.63, 3.8) is 0 Å². The number of ether oxygens (including phenoxy) is 2. The maximum absolute atomic E-state index is 11.6. The fourth-order valence-electron chi connectivity index (χ4n) is 2.70. The Balaban J connectivity index is 1.91. The Bertz CT molecular complexity index is 491. The Morgan fingerprint density at radius 1 is 1.17 bits per heavy atom. The van der Waals surface area contributed by atoms with Crippen molar-refractivity contribution in [2.45, 2.75) is 32.6 Å². The zero-order chi connectivity index (χ0) is 12.8. The summed E-state index contributed by atoms with van der Waals surface area (Å²) in [5, 5.41) is 0. The molecule has 3 nitrogen and oxygen atoms in total. The number of benzene rings is 1. The molecular formula is C15H18O3. The van der Waals surface area contributed by atoms with E-state index in [0.29, 0.717) is 31.3 Å². The lowest BCUT2D eigenvalue weighted by atomic mass is 9.59. The minimum atomic E-state index is -0.236. The van der Waals surface area contributed by atoms with E-state index in [0.717, 1.165) is 17.9 Å². The van der Waals surface area contributed by atoms with Gasteiger partial charge in [0.15, 0.2) is 11.5 Å². The van der Waals surface area contributed by atoms with Gasteiger partial charge in [0.1, 0.15) is 5.78 Å². The molecule has 2 aliphatic rings. The summed E-state index contributed by atoms with van der Waals surface area (Å²) < 4.78 is 11.3. The number of hydrogen-bond acceptors (Lipinski definition) is 3. The van der Waals surface area contributed by atoms with Crippen LogP contribution in [0.1, 0.15) is 38.2 Å². The molecule has 3 rings (SSSR count). The lowest BCUT2D eigenvalue weighted by Crippen LogP contribution is -2.43. The molecule has 96 valence electrons. The monoisotopic (exact) mass is 246 g/mol. The summed E-state index contributed by atoms with van der Waals surface area (Å²) in [6.07, 6.45) is 1.56. The van der Waals surface area contributed by atoms with Crippen LogP contribution in [0.5, 0.6) is 11.5 Å². The van der Waals surface area contributed by atoms with Crippen LogP contribution in [0, 0.1) is 5.41 Å². The minimum Gasteiger partial charge on any atom is -0.490 e. The van der Waals surface area contributed by atoms with Crippen molar-refractivity contribution in [3.8, 4) is 11.5 Å². The van der Waals surface area contributed by atoms with E-state index in [-0.39, 0.29) is 5.41 Å². The fourth-order valence-corrected chi connectivity index (χ4v) is 2.70. The van der Waals surface area contributed by atoms with Gasteiger partial charge in [0.25, 0.3) is 0 Å². The average Bonchev–Trinajstić information content (AvgIpc) is 2.60. The molecule has 0 saturated heterocycles. The van der Waals surface area contributed by atoms with Gasteiger partial charge in [-0.25, -0.2) is 0 Å². The van der Waals surface area contributed by atoms with Gasteiger partial charge >= 0.3 is 0 Å². The largest absolute Gasteiger partial charge is 0.490 e. The summed E-state index contributed by atoms with van der Waals surface area (Å²) in [5.41, 5.74) is 0.948. The van der Waals surface area contributed by atoms with Crippen LogP contribution in [-0.2, 0) is 4.79 Å². The summed E-state index contributed by atoms with van der Waals surface area (Å²) in [4.78, 5) is 11.6. The lowest BCUT2D eigenvalue weighted by Gasteiger charge is -2.43. The molecular weight excluding hydrogens is 228 g/mol. The summed E-state index contributed by atoms with van der Waals surface area (Å²) >= 11 is 0. The fraction of sp³-hybridized carbons (Fsp3) is 0.533. The van der Waals surface area contributed by atoms with E-state index in [1.165, 1.54) is 5.56 Å². The van der Waals surface area contributed by atoms with E-state index < -0.39 is 0 Å². The maximum atomic E-state index is 11.6. The van der Waals surface area contributed by atoms with E-state index in [9.17, 15) is 4.79 Å². The zero-order valence-corrected chi connectivity index (χ0v) is 10.9. The van der Waals surface area contributed by atoms with Crippen LogP contribution < -0.4 is 9.47 Å². The van der Waals surface area contributed by atoms with Crippen LogP contribution in [0.15, 0.2) is 18.2 Å². The first kappa shape index (κ1) is 11.6. The minimum absolute atomic E-state index is 0.236. The molecule has 0 spiro atoms. The molecule has 1 aromatic rings. The van der Waals surface area contributed by atoms with Crippen LogP contribution in [-0.4, -0.2) is 19.0 Å². The lowest BCUT2D eigenvalue weighted by molar-refractivity contribution is -0.137. The van der Waals surface area contributed by atoms with Gasteiger partial charge in [-0.1, -0.05) is 19.9 Å². The van der Waals surface area contributed by atoms with Gasteiger partial charge in [-0.15, -0.1) is 0 Å². The Morgan fingerprint density at radius 3 is 2.56 bits per heavy atom. The van der Waals surface area contributed by atoms with E-state index in [1.807, 2.05) is 26.0 Å². The molecule has 1 aliphatic carbocycles. The molecule has 1 fully saturated rings. The Morgan fingerprint density at radius 2 is 1.89 bits per heavy atom. The second-order valence-corrected chi connectivity index (χ2v) is 5.66. The molecule has 0 bridgehead atoms. The van der Waals surface area contributed by atoms with Gasteiger partial charge in [0.05, 0.1) is 13.2 Å². The van der Waals surface area contributed by atoms with Crippen LogP contribution in [0.2, 0.25) is 0 Å². The molecule has 1 aromatic carbocycles. The highest BCUT2D eigenvalue weighted by Gasteiger charge is 2.47. The molecule has 1 heterocycles. The van der Waals surface area contributed by atoms with E-state index in [2.05, 4.69) is 6.07 Å². The van der Waals surface area contributed by atoms with Gasteiger partial charge in [-0.3, -0.25) is 4.79 Å². The summed E-state index contributed by atoms with van der Waals surface area (Å²) in [6, 6.07) is 6.07. The summed E-state index contributed by atoms with van der Waals surface area (Å²) in [7, 11) is 0. The van der Waals surface area contributed by atoms with Crippen LogP contribution >= 0.6 is 0 Å². The SMILES string of the molecule is CC1(C)C(=O)CC1c1ccc2c(c1)OCCCO2. The number of hydrogen-bond donors (Lipinski definition) is 0. The molecule has 1 atom stereocenters. The van der Waals surface area contributed by atoms with E-state index in [4.69, 9.17) is 9.47 Å².